The smallest absolute Gasteiger partial charge is 0.0663 e. The Morgan fingerprint density at radius 1 is 1.67 bits per heavy atom. The second kappa shape index (κ2) is 0.925. The summed E-state index contributed by atoms with van der Waals surface area (Å²) < 4.78 is 0. The average Bonchev–Trinajstić information content (AvgIpc) is 1.86. The third-order valence-electron chi connectivity index (χ3n) is 0.330. The van der Waals surface area contributed by atoms with Crippen molar-refractivity contribution < 1.29 is 4.87 Å². The first-order chi connectivity index (χ1) is 2.89. The van der Waals surface area contributed by atoms with Crippen LogP contribution in [0.15, 0.2) is 15.5 Å². The fraction of sp³-hybridized carbons (Fsp3) is 0. The number of hydrogen-bond acceptors (Lipinski definition) is 3. The van der Waals surface area contributed by atoms with E-state index in [1.165, 1.54) is 0 Å². The molecular weight excluding hydrogens is 84.0 g/mol. The Hall–Kier alpha value is -1.13. The van der Waals surface area contributed by atoms with E-state index in [0.717, 1.165) is 6.34 Å². The van der Waals surface area contributed by atoms with Crippen LogP contribution < -0.4 is 0 Å². The van der Waals surface area contributed by atoms with Crippen molar-refractivity contribution in [2.75, 3.05) is 0 Å². The van der Waals surface area contributed by atoms with E-state index in [1.807, 2.05) is 0 Å². The zero-order valence-corrected chi connectivity index (χ0v) is 2.77. The summed E-state index contributed by atoms with van der Waals surface area (Å²) in [4.78, 5) is 10.0. The minimum atomic E-state index is 0.278. The molecular formula is CHN4O+. The molecule has 0 saturated heterocycles. The van der Waals surface area contributed by atoms with Crippen molar-refractivity contribution in [2.24, 2.45) is 15.5 Å². The molecule has 0 N–H and O–H groups in total. The van der Waals surface area contributed by atoms with Gasteiger partial charge >= 0.3 is 6.34 Å². The van der Waals surface area contributed by atoms with E-state index < -0.39 is 0 Å². The summed E-state index contributed by atoms with van der Waals surface area (Å²) in [6.07, 6.45) is 0.972. The minimum absolute atomic E-state index is 0.278. The lowest BCUT2D eigenvalue weighted by Crippen LogP contribution is -1.85. The van der Waals surface area contributed by atoms with Crippen LogP contribution in [0.4, 0.5) is 0 Å². The van der Waals surface area contributed by atoms with Gasteiger partial charge in [-0.25, -0.2) is 0 Å². The van der Waals surface area contributed by atoms with Crippen molar-refractivity contribution in [1.29, 1.82) is 0 Å². The maximum Gasteiger partial charge on any atom is 0.338 e. The van der Waals surface area contributed by atoms with Gasteiger partial charge in [0.15, 0.2) is 5.22 Å². The predicted molar refractivity (Wildman–Crippen MR) is 17.0 cm³/mol. The molecule has 0 saturated carbocycles. The van der Waals surface area contributed by atoms with Crippen LogP contribution >= 0.6 is 0 Å². The lowest BCUT2D eigenvalue weighted by molar-refractivity contribution is -0.428. The monoisotopic (exact) mass is 85.0 g/mol. The largest absolute Gasteiger partial charge is 0.338 e. The second-order valence-electron chi connectivity index (χ2n) is 0.712. The van der Waals surface area contributed by atoms with Gasteiger partial charge in [-0.1, -0.05) is 4.91 Å². The quantitative estimate of drug-likeness (QED) is 0.384. The lowest BCUT2D eigenvalue weighted by atomic mass is 11.4. The van der Waals surface area contributed by atoms with Crippen molar-refractivity contribution in [3.63, 3.8) is 0 Å². The molecule has 6 heavy (non-hydrogen) atoms. The van der Waals surface area contributed by atoms with Crippen molar-refractivity contribution in [1.82, 2.24) is 0 Å². The molecule has 30 valence electrons. The zero-order valence-electron chi connectivity index (χ0n) is 2.77. The van der Waals surface area contributed by atoms with E-state index in [9.17, 15) is 4.91 Å². The van der Waals surface area contributed by atoms with Crippen LogP contribution in [0.1, 0.15) is 0 Å². The highest BCUT2D eigenvalue weighted by atomic mass is 16.3. The topological polar surface area (TPSA) is 57.2 Å². The van der Waals surface area contributed by atoms with Gasteiger partial charge in [0.1, 0.15) is 9.97 Å². The van der Waals surface area contributed by atoms with Crippen LogP contribution in [-0.2, 0) is 0 Å². The first-order valence-electron chi connectivity index (χ1n) is 1.30. The summed E-state index contributed by atoms with van der Waals surface area (Å²) in [5, 5.41) is 9.00. The van der Waals surface area contributed by atoms with Gasteiger partial charge in [0.05, 0.1) is 0 Å². The molecule has 0 radical (unpaired) electrons. The van der Waals surface area contributed by atoms with Gasteiger partial charge in [-0.15, -0.1) is 0 Å². The fourth-order valence-corrected chi connectivity index (χ4v) is 0.153. The van der Waals surface area contributed by atoms with Crippen LogP contribution in [0.25, 0.3) is 0 Å². The predicted octanol–water partition coefficient (Wildman–Crippen LogP) is 0.0894. The van der Waals surface area contributed by atoms with Gasteiger partial charge in [-0.05, 0) is 0 Å². The molecule has 0 atom stereocenters. The molecule has 1 heterocycles. The highest BCUT2D eigenvalue weighted by molar-refractivity contribution is 5.43. The Morgan fingerprint density at radius 2 is 2.50 bits per heavy atom. The molecule has 0 amide bonds. The van der Waals surface area contributed by atoms with E-state index in [2.05, 4.69) is 15.5 Å². The maximum atomic E-state index is 9.75. The van der Waals surface area contributed by atoms with Gasteiger partial charge in [-0.3, -0.25) is 0 Å². The van der Waals surface area contributed by atoms with Crippen molar-refractivity contribution in [2.45, 2.75) is 0 Å². The molecule has 5 heteroatoms. The van der Waals surface area contributed by atoms with Crippen LogP contribution in [0.5, 0.6) is 0 Å². The van der Waals surface area contributed by atoms with Crippen molar-refractivity contribution in [3.05, 3.63) is 4.91 Å². The van der Waals surface area contributed by atoms with Crippen molar-refractivity contribution >= 4 is 6.34 Å². The molecule has 0 unspecified atom stereocenters. The Labute approximate surface area is 32.9 Å². The van der Waals surface area contributed by atoms with Gasteiger partial charge in [0.2, 0.25) is 5.22 Å². The summed E-state index contributed by atoms with van der Waals surface area (Å²) in [6, 6.07) is 0. The lowest BCUT2D eigenvalue weighted by Gasteiger charge is -1.52. The van der Waals surface area contributed by atoms with Crippen LogP contribution in [0.3, 0.4) is 0 Å². The SMILES string of the molecule is O=[N+]1C=NN=N1. The molecule has 0 aromatic heterocycles. The normalized spacial score (nSPS) is 17.0. The van der Waals surface area contributed by atoms with Crippen molar-refractivity contribution in [3.8, 4) is 0 Å². The van der Waals surface area contributed by atoms with E-state index in [-0.39, 0.29) is 4.87 Å². The molecule has 5 nitrogen and oxygen atoms in total. The summed E-state index contributed by atoms with van der Waals surface area (Å²) in [7, 11) is 0. The average molecular weight is 85.0 g/mol. The molecule has 0 aliphatic carbocycles. The molecule has 0 bridgehead atoms. The number of hydrogen-bond donors (Lipinski definition) is 0. The highest BCUT2D eigenvalue weighted by Gasteiger charge is 2.02. The number of nitrogens with zero attached hydrogens (tertiary/aromatic N) is 4. The van der Waals surface area contributed by atoms with Crippen LogP contribution in [-0.4, -0.2) is 11.2 Å². The summed E-state index contributed by atoms with van der Waals surface area (Å²) in [5.41, 5.74) is 0. The van der Waals surface area contributed by atoms with Crippen LogP contribution in [0, 0.1) is 4.91 Å². The molecule has 0 fully saturated rings. The summed E-state index contributed by atoms with van der Waals surface area (Å²) in [6.45, 7) is 0. The van der Waals surface area contributed by atoms with Gasteiger partial charge in [0.25, 0.3) is 0 Å². The minimum Gasteiger partial charge on any atom is -0.0663 e. The number of nitroso groups, excluding NO2 is 1. The second-order valence-corrected chi connectivity index (χ2v) is 0.712. The molecule has 0 aromatic carbocycles. The Kier molecular flexibility index (Phi) is 0.474. The van der Waals surface area contributed by atoms with E-state index in [0.29, 0.717) is 0 Å². The summed E-state index contributed by atoms with van der Waals surface area (Å²) >= 11 is 0. The molecule has 0 aromatic rings. The zero-order chi connectivity index (χ0) is 4.41. The molecule has 1 aliphatic rings. The molecule has 1 rings (SSSR count). The molecule has 1 aliphatic heterocycles. The Balaban J connectivity index is 2.86. The molecule has 0 spiro atoms. The van der Waals surface area contributed by atoms with E-state index in [1.54, 1.807) is 0 Å². The third kappa shape index (κ3) is 0.291. The first kappa shape index (κ1) is 3.08. The number of rotatable bonds is 0. The first-order valence-corrected chi connectivity index (χ1v) is 1.30. The van der Waals surface area contributed by atoms with Gasteiger partial charge in [-0.2, -0.15) is 0 Å². The van der Waals surface area contributed by atoms with E-state index in [4.69, 9.17) is 0 Å². The standard InChI is InChI=1S/CHN4O/c6-5-1-2-3-4-5/h1H/q+1. The summed E-state index contributed by atoms with van der Waals surface area (Å²) in [5.74, 6) is 0. The van der Waals surface area contributed by atoms with Gasteiger partial charge in [0, 0.05) is 0 Å². The maximum absolute atomic E-state index is 9.75. The van der Waals surface area contributed by atoms with E-state index >= 15 is 0 Å². The Bertz CT molecular complexity index is 110. The van der Waals surface area contributed by atoms with Crippen LogP contribution in [0.2, 0.25) is 0 Å². The Morgan fingerprint density at radius 3 is 2.67 bits per heavy atom. The fourth-order valence-electron chi connectivity index (χ4n) is 0.153. The van der Waals surface area contributed by atoms with Gasteiger partial charge < -0.3 is 0 Å². The highest BCUT2D eigenvalue weighted by Crippen LogP contribution is 1.83. The third-order valence-corrected chi connectivity index (χ3v) is 0.330.